The van der Waals surface area contributed by atoms with Crippen LogP contribution >= 0.6 is 0 Å². The molecule has 8 heteroatoms. The Hall–Kier alpha value is -3.23. The second-order valence-electron chi connectivity index (χ2n) is 7.87. The molecule has 1 saturated heterocycles. The zero-order valence-corrected chi connectivity index (χ0v) is 19.0. The summed E-state index contributed by atoms with van der Waals surface area (Å²) in [4.78, 5) is 12.9. The minimum atomic E-state index is -3.89. The fraction of sp³-hybridized carbons (Fsp3) is 0.240. The topological polar surface area (TPSA) is 75.7 Å². The van der Waals surface area contributed by atoms with Gasteiger partial charge in [-0.2, -0.15) is 4.31 Å². The van der Waals surface area contributed by atoms with Gasteiger partial charge in [0.25, 0.3) is 0 Å². The fourth-order valence-electron chi connectivity index (χ4n) is 3.98. The summed E-state index contributed by atoms with van der Waals surface area (Å²) in [5.41, 5.74) is 2.93. The number of rotatable bonds is 7. The summed E-state index contributed by atoms with van der Waals surface area (Å²) in [6.07, 6.45) is 1.03. The number of amides is 1. The molecule has 3 aromatic carbocycles. The smallest absolute Gasteiger partial charge is 0.243 e. The Kier molecular flexibility index (Phi) is 6.76. The Bertz CT molecular complexity index is 1230. The lowest BCUT2D eigenvalue weighted by atomic mass is 10.0. The largest absolute Gasteiger partial charge is 0.497 e. The molecule has 1 N–H and O–H groups in total. The quantitative estimate of drug-likeness (QED) is 0.569. The number of carbonyl (C=O) groups excluding carboxylic acids is 1. The molecule has 33 heavy (non-hydrogen) atoms. The number of nitrogens with one attached hydrogen (secondary N) is 1. The molecule has 1 aliphatic rings. The summed E-state index contributed by atoms with van der Waals surface area (Å²) in [5.74, 6) is -0.0755. The maximum atomic E-state index is 13.2. The van der Waals surface area contributed by atoms with Crippen molar-refractivity contribution in [1.29, 1.82) is 0 Å². The van der Waals surface area contributed by atoms with E-state index in [1.54, 1.807) is 7.11 Å². The predicted octanol–water partition coefficient (Wildman–Crippen LogP) is 3.97. The first-order valence-electron chi connectivity index (χ1n) is 10.7. The van der Waals surface area contributed by atoms with Gasteiger partial charge in [-0.15, -0.1) is 0 Å². The van der Waals surface area contributed by atoms with Crippen molar-refractivity contribution >= 4 is 15.9 Å². The van der Waals surface area contributed by atoms with E-state index in [0.717, 1.165) is 34.6 Å². The molecule has 172 valence electrons. The van der Waals surface area contributed by atoms with E-state index in [9.17, 15) is 17.6 Å². The molecule has 3 aromatic rings. The van der Waals surface area contributed by atoms with Crippen LogP contribution < -0.4 is 10.1 Å². The molecular weight excluding hydrogens is 443 g/mol. The average molecular weight is 469 g/mol. The van der Waals surface area contributed by atoms with Crippen LogP contribution in [0.2, 0.25) is 0 Å². The van der Waals surface area contributed by atoms with E-state index in [1.807, 2.05) is 48.5 Å². The van der Waals surface area contributed by atoms with E-state index in [4.69, 9.17) is 4.74 Å². The van der Waals surface area contributed by atoms with Gasteiger partial charge in [-0.3, -0.25) is 4.79 Å². The zero-order valence-electron chi connectivity index (χ0n) is 18.2. The molecule has 0 bridgehead atoms. The predicted molar refractivity (Wildman–Crippen MR) is 124 cm³/mol. The number of methoxy groups -OCH3 is 1. The molecule has 0 saturated carbocycles. The molecule has 0 aromatic heterocycles. The van der Waals surface area contributed by atoms with Gasteiger partial charge < -0.3 is 10.1 Å². The highest BCUT2D eigenvalue weighted by molar-refractivity contribution is 7.89. The minimum absolute atomic E-state index is 0.0178. The molecule has 1 atom stereocenters. The number of nitrogens with zero attached hydrogens (tertiary/aromatic N) is 1. The maximum absolute atomic E-state index is 13.2. The normalized spacial score (nSPS) is 16.5. The fourth-order valence-corrected chi connectivity index (χ4v) is 5.64. The molecule has 1 unspecified atom stereocenters. The van der Waals surface area contributed by atoms with Gasteiger partial charge in [-0.05, 0) is 72.0 Å². The van der Waals surface area contributed by atoms with Gasteiger partial charge in [0.15, 0.2) is 0 Å². The minimum Gasteiger partial charge on any atom is -0.497 e. The van der Waals surface area contributed by atoms with E-state index in [-0.39, 0.29) is 23.9 Å². The molecule has 0 spiro atoms. The van der Waals surface area contributed by atoms with Crippen molar-refractivity contribution in [3.05, 3.63) is 84.2 Å². The van der Waals surface area contributed by atoms with Crippen LogP contribution in [0.15, 0.2) is 77.7 Å². The highest BCUT2D eigenvalue weighted by Gasteiger charge is 2.39. The molecule has 1 heterocycles. The third-order valence-electron chi connectivity index (χ3n) is 5.74. The number of ether oxygens (including phenoxy) is 1. The number of carbonyl (C=O) groups is 1. The summed E-state index contributed by atoms with van der Waals surface area (Å²) >= 11 is 0. The summed E-state index contributed by atoms with van der Waals surface area (Å²) in [6, 6.07) is 19.4. The van der Waals surface area contributed by atoms with E-state index >= 15 is 0 Å². The Morgan fingerprint density at radius 3 is 2.48 bits per heavy atom. The standard InChI is InChI=1S/C25H25FN2O4S/c1-32-22-11-7-19(8-12-22)20-5-2-4-18(16-20)17-27-25(29)24-6-3-15-28(24)33(30,31)23-13-9-21(26)10-14-23/h2,4-5,7-14,16,24H,3,6,15,17H2,1H3,(H,27,29). The number of hydrogen-bond acceptors (Lipinski definition) is 4. The second-order valence-corrected chi connectivity index (χ2v) is 9.76. The van der Waals surface area contributed by atoms with Gasteiger partial charge in [-0.1, -0.05) is 30.3 Å². The molecule has 0 aliphatic carbocycles. The van der Waals surface area contributed by atoms with E-state index in [0.29, 0.717) is 12.8 Å². The Morgan fingerprint density at radius 2 is 1.79 bits per heavy atom. The van der Waals surface area contributed by atoms with Crippen LogP contribution in [0.1, 0.15) is 18.4 Å². The highest BCUT2D eigenvalue weighted by Crippen LogP contribution is 2.27. The zero-order chi connectivity index (χ0) is 23.4. The van der Waals surface area contributed by atoms with Crippen LogP contribution in [0.5, 0.6) is 5.75 Å². The lowest BCUT2D eigenvalue weighted by Crippen LogP contribution is -2.45. The highest BCUT2D eigenvalue weighted by atomic mass is 32.2. The summed E-state index contributed by atoms with van der Waals surface area (Å²) in [7, 11) is -2.27. The summed E-state index contributed by atoms with van der Waals surface area (Å²) in [5, 5.41) is 2.88. The second kappa shape index (κ2) is 9.72. The summed E-state index contributed by atoms with van der Waals surface area (Å²) in [6.45, 7) is 0.536. The van der Waals surface area contributed by atoms with E-state index in [2.05, 4.69) is 5.32 Å². The van der Waals surface area contributed by atoms with Gasteiger partial charge in [0.1, 0.15) is 17.6 Å². The summed E-state index contributed by atoms with van der Waals surface area (Å²) < 4.78 is 45.6. The van der Waals surface area contributed by atoms with Crippen molar-refractivity contribution in [3.63, 3.8) is 0 Å². The molecular formula is C25H25FN2O4S. The van der Waals surface area contributed by atoms with Crippen LogP contribution in [0.3, 0.4) is 0 Å². The molecule has 6 nitrogen and oxygen atoms in total. The van der Waals surface area contributed by atoms with Crippen LogP contribution in [-0.4, -0.2) is 38.3 Å². The molecule has 1 amide bonds. The van der Waals surface area contributed by atoms with Crippen molar-refractivity contribution < 1.29 is 22.3 Å². The van der Waals surface area contributed by atoms with Crippen LogP contribution in [0, 0.1) is 5.82 Å². The molecule has 4 rings (SSSR count). The first-order valence-corrected chi connectivity index (χ1v) is 12.1. The van der Waals surface area contributed by atoms with Crippen molar-refractivity contribution in [2.45, 2.75) is 30.3 Å². The van der Waals surface area contributed by atoms with Gasteiger partial charge in [-0.25, -0.2) is 12.8 Å². The lowest BCUT2D eigenvalue weighted by molar-refractivity contribution is -0.124. The molecule has 1 fully saturated rings. The monoisotopic (exact) mass is 468 g/mol. The lowest BCUT2D eigenvalue weighted by Gasteiger charge is -2.23. The Labute approximate surface area is 193 Å². The van der Waals surface area contributed by atoms with Crippen LogP contribution in [0.4, 0.5) is 4.39 Å². The third kappa shape index (κ3) is 5.07. The molecule has 0 radical (unpaired) electrons. The third-order valence-corrected chi connectivity index (χ3v) is 7.67. The maximum Gasteiger partial charge on any atom is 0.243 e. The van der Waals surface area contributed by atoms with Gasteiger partial charge >= 0.3 is 0 Å². The first kappa shape index (κ1) is 22.9. The van der Waals surface area contributed by atoms with Crippen molar-refractivity contribution in [2.75, 3.05) is 13.7 Å². The van der Waals surface area contributed by atoms with E-state index < -0.39 is 21.9 Å². The number of benzene rings is 3. The van der Waals surface area contributed by atoms with Crippen molar-refractivity contribution in [1.82, 2.24) is 9.62 Å². The van der Waals surface area contributed by atoms with Gasteiger partial charge in [0.05, 0.1) is 12.0 Å². The number of halogens is 1. The Morgan fingerprint density at radius 1 is 1.06 bits per heavy atom. The van der Waals surface area contributed by atoms with E-state index in [1.165, 1.54) is 16.4 Å². The first-order chi connectivity index (χ1) is 15.9. The van der Waals surface area contributed by atoms with Gasteiger partial charge in [0, 0.05) is 13.1 Å². The Balaban J connectivity index is 1.44. The average Bonchev–Trinajstić information content (AvgIpc) is 3.34. The number of sulfonamides is 1. The van der Waals surface area contributed by atoms with Crippen molar-refractivity contribution in [2.24, 2.45) is 0 Å². The molecule has 1 aliphatic heterocycles. The van der Waals surface area contributed by atoms with Crippen LogP contribution in [-0.2, 0) is 21.4 Å². The van der Waals surface area contributed by atoms with Gasteiger partial charge in [0.2, 0.25) is 15.9 Å². The SMILES string of the molecule is COc1ccc(-c2cccc(CNC(=O)C3CCCN3S(=O)(=O)c3ccc(F)cc3)c2)cc1. The number of hydrogen-bond donors (Lipinski definition) is 1. The van der Waals surface area contributed by atoms with Crippen molar-refractivity contribution in [3.8, 4) is 16.9 Å². The van der Waals surface area contributed by atoms with Crippen LogP contribution in [0.25, 0.3) is 11.1 Å².